The molecule has 0 amide bonds. The van der Waals surface area contributed by atoms with Gasteiger partial charge >= 0.3 is 17.9 Å². The van der Waals surface area contributed by atoms with Crippen molar-refractivity contribution in [2.75, 3.05) is 19.8 Å². The zero-order valence-electron chi connectivity index (χ0n) is 31.7. The van der Waals surface area contributed by atoms with Crippen molar-refractivity contribution in [2.45, 2.75) is 102 Å². The van der Waals surface area contributed by atoms with E-state index < -0.39 is 85.9 Å². The van der Waals surface area contributed by atoms with Crippen LogP contribution in [-0.4, -0.2) is 104 Å². The van der Waals surface area contributed by atoms with Crippen molar-refractivity contribution in [3.05, 3.63) is 120 Å². The summed E-state index contributed by atoms with van der Waals surface area (Å²) in [6.07, 6.45) is -10.7. The van der Waals surface area contributed by atoms with Gasteiger partial charge in [0, 0.05) is 20.8 Å². The molecule has 2 aliphatic heterocycles. The molecule has 0 unspecified atom stereocenters. The van der Waals surface area contributed by atoms with E-state index >= 15 is 0 Å². The molecule has 2 saturated heterocycles. The summed E-state index contributed by atoms with van der Waals surface area (Å²) >= 11 is 0. The van der Waals surface area contributed by atoms with Crippen molar-refractivity contribution in [3.8, 4) is 0 Å². The van der Waals surface area contributed by atoms with Crippen LogP contribution in [0, 0.1) is 0 Å². The monoisotopic (exact) mass is 778 g/mol. The maximum absolute atomic E-state index is 12.5. The van der Waals surface area contributed by atoms with Crippen LogP contribution in [0.15, 0.2) is 104 Å². The molecule has 0 bridgehead atoms. The fourth-order valence-electron chi connectivity index (χ4n) is 6.46. The van der Waals surface area contributed by atoms with Gasteiger partial charge in [0.25, 0.3) is 0 Å². The summed E-state index contributed by atoms with van der Waals surface area (Å²) < 4.78 is 61.1. The molecule has 10 atom stereocenters. The van der Waals surface area contributed by atoms with Crippen molar-refractivity contribution in [1.82, 2.24) is 0 Å². The number of hydrogen-bond donors (Lipinski definition) is 1. The third-order valence-corrected chi connectivity index (χ3v) is 8.92. The van der Waals surface area contributed by atoms with Crippen molar-refractivity contribution in [1.29, 1.82) is 0 Å². The molecule has 2 fully saturated rings. The molecule has 56 heavy (non-hydrogen) atoms. The molecule has 0 aromatic heterocycles. The highest BCUT2D eigenvalue weighted by Gasteiger charge is 2.55. The zero-order valence-corrected chi connectivity index (χ0v) is 31.7. The Morgan fingerprint density at radius 3 is 1.66 bits per heavy atom. The van der Waals surface area contributed by atoms with Crippen LogP contribution in [0.1, 0.15) is 37.5 Å². The number of ether oxygens (including phenoxy) is 10. The molecule has 3 aromatic rings. The van der Waals surface area contributed by atoms with Crippen LogP contribution in [0.3, 0.4) is 0 Å². The number of aliphatic hydroxyl groups excluding tert-OH is 1. The molecule has 0 aliphatic carbocycles. The van der Waals surface area contributed by atoms with Crippen LogP contribution in [0.4, 0.5) is 0 Å². The Morgan fingerprint density at radius 1 is 0.607 bits per heavy atom. The molecule has 3 aromatic carbocycles. The predicted molar refractivity (Wildman–Crippen MR) is 198 cm³/mol. The molecule has 5 rings (SSSR count). The first kappa shape index (κ1) is 42.6. The Kier molecular flexibility index (Phi) is 16.5. The highest BCUT2D eigenvalue weighted by atomic mass is 16.8. The number of rotatable bonds is 19. The lowest BCUT2D eigenvalue weighted by Gasteiger charge is -2.49. The third kappa shape index (κ3) is 12.5. The lowest BCUT2D eigenvalue weighted by atomic mass is 9.96. The maximum Gasteiger partial charge on any atom is 0.303 e. The van der Waals surface area contributed by atoms with E-state index in [1.165, 1.54) is 6.92 Å². The average Bonchev–Trinajstić information content (AvgIpc) is 3.18. The van der Waals surface area contributed by atoms with Crippen LogP contribution in [0.2, 0.25) is 0 Å². The third-order valence-electron chi connectivity index (χ3n) is 8.92. The quantitative estimate of drug-likeness (QED) is 0.105. The zero-order chi connectivity index (χ0) is 39.9. The molecule has 2 heterocycles. The van der Waals surface area contributed by atoms with Gasteiger partial charge in [0.1, 0.15) is 37.1 Å². The number of aliphatic hydroxyl groups is 1. The summed E-state index contributed by atoms with van der Waals surface area (Å²) in [6, 6.07) is 28.8. The molecule has 302 valence electrons. The molecule has 2 aliphatic rings. The summed E-state index contributed by atoms with van der Waals surface area (Å²) in [5, 5.41) is 11.4. The van der Waals surface area contributed by atoms with E-state index in [4.69, 9.17) is 47.4 Å². The normalized spacial score (nSPS) is 27.5. The second kappa shape index (κ2) is 21.7. The smallest absolute Gasteiger partial charge is 0.303 e. The summed E-state index contributed by atoms with van der Waals surface area (Å²) in [5.41, 5.74) is 2.73. The first-order valence-electron chi connectivity index (χ1n) is 18.4. The van der Waals surface area contributed by atoms with Gasteiger partial charge in [-0.1, -0.05) is 97.1 Å². The van der Waals surface area contributed by atoms with E-state index in [0.717, 1.165) is 30.5 Å². The van der Waals surface area contributed by atoms with Crippen LogP contribution < -0.4 is 0 Å². The van der Waals surface area contributed by atoms with Crippen LogP contribution >= 0.6 is 0 Å². The molecule has 0 spiro atoms. The number of carbonyl (C=O) groups is 3. The number of hydrogen-bond acceptors (Lipinski definition) is 14. The second-order valence-electron chi connectivity index (χ2n) is 13.3. The molecule has 14 heteroatoms. The van der Waals surface area contributed by atoms with Gasteiger partial charge in [0.15, 0.2) is 30.9 Å². The average molecular weight is 779 g/mol. The Morgan fingerprint density at radius 2 is 1.12 bits per heavy atom. The van der Waals surface area contributed by atoms with Crippen LogP contribution in [-0.2, 0) is 81.6 Å². The van der Waals surface area contributed by atoms with E-state index in [1.54, 1.807) is 6.08 Å². The second-order valence-corrected chi connectivity index (χ2v) is 13.3. The van der Waals surface area contributed by atoms with E-state index in [2.05, 4.69) is 6.58 Å². The maximum atomic E-state index is 12.5. The standard InChI is InChI=1S/C42H50O14/c1-5-21-48-40-37(51-24-32-19-13-8-14-20-32)35(50-23-31-17-11-7-12-18-31)33(25-47-22-30-15-9-6-10-16-30)55-42(40)56-39-38(53-29(4)45)36(52-28(3)44)34(54-41(39)46)26-49-27(2)43/h5-20,33-42,46H,1,21-26H2,2-4H3/t33-,34-,35-,36-,37+,38+,39-,40-,41+,42-/m1/s1. The Labute approximate surface area is 326 Å². The van der Waals surface area contributed by atoms with Gasteiger partial charge in [-0.3, -0.25) is 14.4 Å². The highest BCUT2D eigenvalue weighted by molar-refractivity contribution is 5.68. The van der Waals surface area contributed by atoms with Gasteiger partial charge in [0.2, 0.25) is 0 Å². The van der Waals surface area contributed by atoms with Gasteiger partial charge in [-0.25, -0.2) is 0 Å². The Balaban J connectivity index is 1.51. The number of esters is 3. The minimum atomic E-state index is -1.79. The fourth-order valence-corrected chi connectivity index (χ4v) is 6.46. The fraction of sp³-hybridized carbons (Fsp3) is 0.452. The van der Waals surface area contributed by atoms with Gasteiger partial charge in [-0.05, 0) is 16.7 Å². The minimum Gasteiger partial charge on any atom is -0.463 e. The van der Waals surface area contributed by atoms with Gasteiger partial charge < -0.3 is 52.5 Å². The summed E-state index contributed by atoms with van der Waals surface area (Å²) in [6.45, 7) is 7.57. The van der Waals surface area contributed by atoms with Crippen molar-refractivity contribution in [2.24, 2.45) is 0 Å². The first-order valence-corrected chi connectivity index (χ1v) is 18.4. The molecule has 0 radical (unpaired) electrons. The van der Waals surface area contributed by atoms with Gasteiger partial charge in [-0.2, -0.15) is 0 Å². The SMILES string of the molecule is C=CCO[C@H]1[C@@H](O[C@@H]2[C@@H](OC(C)=O)[C@H](OC(C)=O)[C@@H](COC(C)=O)O[C@@H]2O)O[C@H](COCc2ccccc2)[C@@H](OCc2ccccc2)[C@@H]1OCc1ccccc1. The summed E-state index contributed by atoms with van der Waals surface area (Å²) in [5.74, 6) is -2.16. The van der Waals surface area contributed by atoms with Crippen molar-refractivity contribution < 1.29 is 66.9 Å². The van der Waals surface area contributed by atoms with Crippen molar-refractivity contribution in [3.63, 3.8) is 0 Å². The molecular formula is C42H50O14. The summed E-state index contributed by atoms with van der Waals surface area (Å²) in [4.78, 5) is 36.5. The molecule has 1 N–H and O–H groups in total. The molecule has 0 saturated carbocycles. The largest absolute Gasteiger partial charge is 0.463 e. The van der Waals surface area contributed by atoms with E-state index in [1.807, 2.05) is 91.0 Å². The van der Waals surface area contributed by atoms with Crippen molar-refractivity contribution >= 4 is 17.9 Å². The Hall–Kier alpha value is -4.51. The van der Waals surface area contributed by atoms with E-state index in [9.17, 15) is 19.5 Å². The van der Waals surface area contributed by atoms with E-state index in [0.29, 0.717) is 0 Å². The Bertz CT molecular complexity index is 1660. The predicted octanol–water partition coefficient (Wildman–Crippen LogP) is 4.20. The number of carbonyl (C=O) groups excluding carboxylic acids is 3. The lowest BCUT2D eigenvalue weighted by Crippen LogP contribution is -2.66. The van der Waals surface area contributed by atoms with Gasteiger partial charge in [0.05, 0.1) is 33.0 Å². The van der Waals surface area contributed by atoms with Crippen LogP contribution in [0.5, 0.6) is 0 Å². The molecular weight excluding hydrogens is 728 g/mol. The minimum absolute atomic E-state index is 0.0191. The van der Waals surface area contributed by atoms with E-state index in [-0.39, 0.29) is 33.0 Å². The summed E-state index contributed by atoms with van der Waals surface area (Å²) in [7, 11) is 0. The first-order chi connectivity index (χ1) is 27.1. The lowest BCUT2D eigenvalue weighted by molar-refractivity contribution is -0.372. The molecule has 14 nitrogen and oxygen atoms in total. The highest BCUT2D eigenvalue weighted by Crippen LogP contribution is 2.35. The van der Waals surface area contributed by atoms with Gasteiger partial charge in [-0.15, -0.1) is 6.58 Å². The topological polar surface area (TPSA) is 164 Å². The van der Waals surface area contributed by atoms with Crippen LogP contribution in [0.25, 0.3) is 0 Å². The number of benzene rings is 3.